The van der Waals surface area contributed by atoms with Crippen LogP contribution in [0.3, 0.4) is 0 Å². The van der Waals surface area contributed by atoms with E-state index in [1.54, 1.807) is 135 Å². The molecule has 8 aromatic carbocycles. The van der Waals surface area contributed by atoms with E-state index in [4.69, 9.17) is 11.0 Å². The number of nitrogens with one attached hydrogen (secondary N) is 8. The number of aromatic amines is 6. The van der Waals surface area contributed by atoms with Gasteiger partial charge in [0.1, 0.15) is 112 Å². The molecule has 604 valence electrons. The molecule has 0 amide bonds. The lowest BCUT2D eigenvalue weighted by Crippen LogP contribution is -2.28. The van der Waals surface area contributed by atoms with Crippen LogP contribution in [0.4, 0.5) is 29.2 Å². The summed E-state index contributed by atoms with van der Waals surface area (Å²) in [6, 6.07) is 43.1. The molecule has 36 heteroatoms. The zero-order chi connectivity index (χ0) is 93.0. The van der Waals surface area contributed by atoms with Crippen molar-refractivity contribution in [2.45, 2.75) is 64.6 Å². The molecule has 0 bridgehead atoms. The monoisotopic (exact) mass is 1640 g/mol. The van der Waals surface area contributed by atoms with Gasteiger partial charge in [-0.15, -0.1) is 0 Å². The summed E-state index contributed by atoms with van der Waals surface area (Å²) in [6.45, 7) is 6.38. The van der Waals surface area contributed by atoms with Crippen molar-refractivity contribution in [2.24, 2.45) is 9.98 Å². The summed E-state index contributed by atoms with van der Waals surface area (Å²) in [6.07, 6.45) is 1.69. The number of imidazole rings is 4. The highest BCUT2D eigenvalue weighted by molar-refractivity contribution is 5.85. The first kappa shape index (κ1) is 66.6. The molecular weight excluding hydrogens is 1570 g/mol. The number of H-pyrrole nitrogens is 6. The number of halogens is 4. The maximum atomic E-state index is 14.6. The number of anilines is 2. The Kier molecular flexibility index (Phi) is 18.5. The Hall–Kier alpha value is -16.6. The van der Waals surface area contributed by atoms with E-state index in [0.717, 1.165) is 12.1 Å². The number of aromatic nitrogens is 24. The predicted octanol–water partition coefficient (Wildman–Crippen LogP) is 13.1. The molecule has 0 aliphatic heterocycles. The minimum Gasteiger partial charge on any atom is -0.358 e. The average molecular weight is 1640 g/mol. The topological polar surface area (TPSA) is 412 Å². The summed E-state index contributed by atoms with van der Waals surface area (Å²) in [4.78, 5) is 138. The van der Waals surface area contributed by atoms with Crippen molar-refractivity contribution in [2.75, 3.05) is 10.6 Å². The van der Waals surface area contributed by atoms with Crippen LogP contribution in [0.1, 0.15) is 102 Å². The Morgan fingerprint density at radius 2 is 0.811 bits per heavy atom. The number of para-hydroxylation sites is 4. The van der Waals surface area contributed by atoms with Gasteiger partial charge in [-0.2, -0.15) is 0 Å². The highest BCUT2D eigenvalue weighted by Gasteiger charge is 2.27. The van der Waals surface area contributed by atoms with Crippen LogP contribution in [0.5, 0.6) is 0 Å². The van der Waals surface area contributed by atoms with E-state index < -0.39 is 69.6 Å². The lowest BCUT2D eigenvalue weighted by Gasteiger charge is -2.22. The summed E-state index contributed by atoms with van der Waals surface area (Å²) in [5.74, 6) is -2.42. The predicted molar refractivity (Wildman–Crippen MR) is 450 cm³/mol. The molecule has 32 nitrogen and oxygen atoms in total. The minimum absolute atomic E-state index is 0.00391. The number of hydrogen-bond acceptors (Lipinski definition) is 22. The average Bonchev–Trinajstić information content (AvgIpc) is 0.800. The van der Waals surface area contributed by atoms with Crippen LogP contribution in [0.15, 0.2) is 274 Å². The molecule has 0 aliphatic rings. The van der Waals surface area contributed by atoms with E-state index in [2.05, 4.69) is 120 Å². The van der Waals surface area contributed by atoms with Gasteiger partial charge >= 0.3 is 0 Å². The molecule has 0 unspecified atom stereocenters. The van der Waals surface area contributed by atoms with Gasteiger partial charge in [-0.25, -0.2) is 87.3 Å². The van der Waals surface area contributed by atoms with Crippen LogP contribution in [-0.2, 0) is 0 Å². The maximum absolute atomic E-state index is 14.6. The minimum atomic E-state index is -1.80. The van der Waals surface area contributed by atoms with E-state index in [-0.39, 0.29) is 163 Å². The normalized spacial score (nSPS) is 15.0. The smallest absolute Gasteiger partial charge is 0.269 e. The molecule has 122 heavy (non-hydrogen) atoms. The first-order chi connectivity index (χ1) is 63.3. The van der Waals surface area contributed by atoms with Gasteiger partial charge in [-0.1, -0.05) is 98.8 Å². The Balaban J connectivity index is 0.000000123. The molecule has 0 radical (unpaired) electrons. The SMILES string of the molecule is [2H]c1nc(=N[C@@]([2H])(C)c2nc3ccc(F)cc3c(=O)n2-c2ccccc2)c2[nH]cnc2[nH]1.[2H]c1nc(=N[C@@]([2H])(CC)c2nc3cccc(F)c3c(=O)n2-c2ccccc2)c2[nH]cnc2[nH]1.[2H]c1nc(N[C@@]([2H])(C)c2nc3ccc(F)cc3c(=O)n2-c2ccccc2)c2nc([2H])[nH]c2n1.[2H]c1nc(N[C@@]([2H])(CC)c2nc3cccc(F)c3c(=O)n2-c2ccccc2)c2nc([2H])[nH]c2n1. The van der Waals surface area contributed by atoms with E-state index in [0.29, 0.717) is 45.1 Å². The molecule has 0 saturated heterocycles. The zero-order valence-corrected chi connectivity index (χ0v) is 64.1. The first-order valence-corrected chi connectivity index (χ1v) is 37.3. The van der Waals surface area contributed by atoms with Crippen LogP contribution < -0.4 is 43.8 Å². The van der Waals surface area contributed by atoms with Gasteiger partial charge in [0.15, 0.2) is 45.2 Å². The fourth-order valence-corrected chi connectivity index (χ4v) is 13.3. The van der Waals surface area contributed by atoms with Gasteiger partial charge in [-0.3, -0.25) is 47.4 Å². The molecule has 12 aromatic heterocycles. The van der Waals surface area contributed by atoms with E-state index in [1.807, 2.05) is 0 Å². The quantitative estimate of drug-likeness (QED) is 0.0417. The van der Waals surface area contributed by atoms with Crippen molar-refractivity contribution in [1.82, 2.24) is 118 Å². The first-order valence-electron chi connectivity index (χ1n) is 42.3. The largest absolute Gasteiger partial charge is 0.358 e. The third kappa shape index (κ3) is 15.4. The van der Waals surface area contributed by atoms with Gasteiger partial charge in [-0.05, 0) is 136 Å². The maximum Gasteiger partial charge on any atom is 0.269 e. The second-order valence-electron chi connectivity index (χ2n) is 26.6. The molecule has 12 heterocycles. The van der Waals surface area contributed by atoms with Crippen molar-refractivity contribution in [3.05, 3.63) is 344 Å². The molecule has 20 aromatic rings. The molecule has 0 spiro atoms. The van der Waals surface area contributed by atoms with Crippen molar-refractivity contribution < 1.29 is 31.3 Å². The van der Waals surface area contributed by atoms with E-state index >= 15 is 0 Å². The number of nitrogens with zero attached hydrogens (tertiary/aromatic N) is 20. The summed E-state index contributed by atoms with van der Waals surface area (Å²) >= 11 is 0. The second-order valence-corrected chi connectivity index (χ2v) is 26.6. The summed E-state index contributed by atoms with van der Waals surface area (Å²) in [7, 11) is 0. The van der Waals surface area contributed by atoms with Gasteiger partial charge in [0, 0.05) is 0 Å². The van der Waals surface area contributed by atoms with Gasteiger partial charge < -0.3 is 40.5 Å². The third-order valence-electron chi connectivity index (χ3n) is 19.0. The summed E-state index contributed by atoms with van der Waals surface area (Å²) in [5.41, 5.74) is 2.49. The Labute approximate surface area is 697 Å². The zero-order valence-electron chi connectivity index (χ0n) is 74.1. The molecule has 0 fully saturated rings. The molecule has 20 rings (SSSR count). The highest BCUT2D eigenvalue weighted by Crippen LogP contribution is 2.31. The Morgan fingerprint density at radius 3 is 1.29 bits per heavy atom. The fraction of sp³-hybridized carbons (Fsp3) is 0.116. The molecular formula is C86H68F4N28O4. The fourth-order valence-electron chi connectivity index (χ4n) is 13.3. The van der Waals surface area contributed by atoms with Crippen LogP contribution >= 0.6 is 0 Å². The number of hydrogen-bond donors (Lipinski definition) is 8. The standard InChI is InChI=1S/2C22H18FN7O.2C21H16FN7O/c2*1-2-15(28-20-18-19(25-11-24-18)26-12-27-20)21-29-16-10-6-9-14(23)17(16)22(31)30(21)13-7-4-3-5-8-13;2*1-12(27-19-17-18(24-10-23-17)25-11-26-19)20-28-16-8-7-13(22)9-15(16)21(30)29(20)14-5-3-2-4-6-14/h2*3-12,15H,2H2,1H3,(H2,24,25,26,27,28);2*2-12H,1H3,(H2,23,24,25,26,27)/t2*15-;2*12-/m0000/s1/i11D,12D,15D;12D,15D;10D,11D,12D;11D,12D. The molecule has 0 aliphatic carbocycles. The number of fused-ring (bicyclic) bond motifs is 8. The van der Waals surface area contributed by atoms with Crippen molar-refractivity contribution >= 4 is 99.9 Å². The third-order valence-corrected chi connectivity index (χ3v) is 19.0. The Morgan fingerprint density at radius 1 is 0.402 bits per heavy atom. The van der Waals surface area contributed by atoms with E-state index in [1.165, 1.54) is 105 Å². The van der Waals surface area contributed by atoms with Crippen LogP contribution in [0.25, 0.3) is 111 Å². The van der Waals surface area contributed by atoms with Crippen molar-refractivity contribution in [3.8, 4) is 22.7 Å². The van der Waals surface area contributed by atoms with Crippen LogP contribution in [-0.4, -0.2) is 118 Å². The Bertz CT molecular complexity index is 8360. The van der Waals surface area contributed by atoms with Crippen LogP contribution in [0.2, 0.25) is 0 Å². The van der Waals surface area contributed by atoms with Crippen LogP contribution in [0, 0.1) is 23.3 Å². The molecule has 0 saturated carbocycles. The molecule has 4 atom stereocenters. The van der Waals surface area contributed by atoms with Crippen molar-refractivity contribution in [3.63, 3.8) is 0 Å². The number of benzene rings is 8. The lowest BCUT2D eigenvalue weighted by atomic mass is 10.1. The van der Waals surface area contributed by atoms with Gasteiger partial charge in [0.2, 0.25) is 0 Å². The van der Waals surface area contributed by atoms with Crippen molar-refractivity contribution in [1.29, 1.82) is 0 Å². The highest BCUT2D eigenvalue weighted by atomic mass is 19.1. The number of rotatable bonds is 16. The van der Waals surface area contributed by atoms with Gasteiger partial charge in [0.05, 0.1) is 111 Å². The molecule has 8 N–H and O–H groups in total. The van der Waals surface area contributed by atoms with E-state index in [9.17, 15) is 39.5 Å². The lowest BCUT2D eigenvalue weighted by molar-refractivity contribution is 0.603. The summed E-state index contributed by atoms with van der Waals surface area (Å²) in [5, 5.41) is 5.64. The second kappa shape index (κ2) is 33.9. The van der Waals surface area contributed by atoms with Gasteiger partial charge in [0.25, 0.3) is 22.2 Å². The summed E-state index contributed by atoms with van der Waals surface area (Å²) < 4.78 is 145.